The first-order valence-corrected chi connectivity index (χ1v) is 5.77. The van der Waals surface area contributed by atoms with Crippen LogP contribution in [0.1, 0.15) is 27.2 Å². The third kappa shape index (κ3) is 1.99. The van der Waals surface area contributed by atoms with Gasteiger partial charge in [0.2, 0.25) is 0 Å². The highest BCUT2D eigenvalue weighted by molar-refractivity contribution is 6.35. The molecule has 0 amide bonds. The van der Waals surface area contributed by atoms with Crippen LogP contribution in [0.4, 0.5) is 5.95 Å². The molecule has 1 radical (unpaired) electrons. The van der Waals surface area contributed by atoms with Crippen LogP contribution in [0.25, 0.3) is 11.2 Å². The van der Waals surface area contributed by atoms with Gasteiger partial charge in [-0.15, -0.1) is 0 Å². The molecule has 0 fully saturated rings. The first-order chi connectivity index (χ1) is 8.49. The molecule has 2 aromatic heterocycles. The van der Waals surface area contributed by atoms with Crippen molar-refractivity contribution in [3.63, 3.8) is 0 Å². The molecule has 0 unspecified atom stereocenters. The Morgan fingerprint density at radius 3 is 2.94 bits per heavy atom. The number of hydrogen-bond acceptors (Lipinski definition) is 5. The third-order valence-electron chi connectivity index (χ3n) is 3.14. The molecule has 4 N–H and O–H groups in total. The van der Waals surface area contributed by atoms with Gasteiger partial charge in [0.1, 0.15) is 0 Å². The average Bonchev–Trinajstić information content (AvgIpc) is 2.74. The van der Waals surface area contributed by atoms with E-state index in [1.54, 1.807) is 6.33 Å². The van der Waals surface area contributed by atoms with Crippen molar-refractivity contribution in [1.82, 2.24) is 19.5 Å². The molecule has 0 atom stereocenters. The van der Waals surface area contributed by atoms with Crippen LogP contribution in [0, 0.1) is 0 Å². The number of anilines is 1. The van der Waals surface area contributed by atoms with Crippen molar-refractivity contribution < 1.29 is 0 Å². The molecule has 18 heavy (non-hydrogen) atoms. The van der Waals surface area contributed by atoms with Crippen molar-refractivity contribution in [2.75, 3.05) is 5.23 Å². The molecular formula is C10H16BN6O. The number of aromatic amines is 1. The Morgan fingerprint density at radius 2 is 2.33 bits per heavy atom. The summed E-state index contributed by atoms with van der Waals surface area (Å²) in [5, 5.41) is 2.67. The van der Waals surface area contributed by atoms with Gasteiger partial charge in [0.25, 0.3) is 5.56 Å². The topological polar surface area (TPSA) is 102 Å². The van der Waals surface area contributed by atoms with E-state index in [4.69, 9.17) is 5.64 Å². The maximum atomic E-state index is 11.8. The number of nitrogens with two attached hydrogens (primary N) is 1. The van der Waals surface area contributed by atoms with Crippen LogP contribution >= 0.6 is 0 Å². The smallest absolute Gasteiger partial charge is 0.345 e. The molecule has 0 aliphatic heterocycles. The van der Waals surface area contributed by atoms with E-state index in [1.807, 2.05) is 4.57 Å². The van der Waals surface area contributed by atoms with Gasteiger partial charge in [-0.05, 0) is 20.3 Å². The normalized spacial score (nSPS) is 11.8. The van der Waals surface area contributed by atoms with Gasteiger partial charge in [0, 0.05) is 5.54 Å². The summed E-state index contributed by atoms with van der Waals surface area (Å²) >= 11 is 0. The van der Waals surface area contributed by atoms with E-state index in [9.17, 15) is 4.79 Å². The first-order valence-electron chi connectivity index (χ1n) is 5.77. The fourth-order valence-electron chi connectivity index (χ4n) is 1.67. The van der Waals surface area contributed by atoms with Crippen molar-refractivity contribution >= 4 is 24.7 Å². The second kappa shape index (κ2) is 4.45. The van der Waals surface area contributed by atoms with Gasteiger partial charge >= 0.3 is 7.55 Å². The summed E-state index contributed by atoms with van der Waals surface area (Å²) < 4.78 is 1.90. The lowest BCUT2D eigenvalue weighted by Gasteiger charge is -2.25. The monoisotopic (exact) mass is 247 g/mol. The van der Waals surface area contributed by atoms with E-state index in [0.717, 1.165) is 6.42 Å². The predicted molar refractivity (Wildman–Crippen MR) is 71.3 cm³/mol. The van der Waals surface area contributed by atoms with Crippen LogP contribution in [-0.2, 0) is 5.54 Å². The Kier molecular flexibility index (Phi) is 3.12. The molecule has 2 heterocycles. The second-order valence-corrected chi connectivity index (χ2v) is 4.68. The molecule has 2 rings (SSSR count). The number of hydrogen-bond donors (Lipinski definition) is 3. The van der Waals surface area contributed by atoms with Gasteiger partial charge < -0.3 is 15.4 Å². The Bertz CT molecular complexity index is 616. The van der Waals surface area contributed by atoms with Gasteiger partial charge in [-0.2, -0.15) is 4.98 Å². The number of nitrogens with one attached hydrogen (secondary N) is 2. The summed E-state index contributed by atoms with van der Waals surface area (Å²) in [5.41, 5.74) is 5.71. The quantitative estimate of drug-likeness (QED) is 0.668. The Hall–Kier alpha value is -1.83. The Labute approximate surface area is 105 Å². The SMILES string of the molecule is CCC(C)(C)n1cnc2c(=O)[nH]c(N[B]N)nc21. The van der Waals surface area contributed by atoms with E-state index in [0.29, 0.717) is 17.1 Å². The largest absolute Gasteiger partial charge is 0.388 e. The van der Waals surface area contributed by atoms with Crippen molar-refractivity contribution in [3.05, 3.63) is 16.7 Å². The Morgan fingerprint density at radius 1 is 1.61 bits per heavy atom. The molecule has 0 bridgehead atoms. The highest BCUT2D eigenvalue weighted by Gasteiger charge is 2.22. The van der Waals surface area contributed by atoms with E-state index >= 15 is 0 Å². The lowest BCUT2D eigenvalue weighted by Crippen LogP contribution is -2.26. The van der Waals surface area contributed by atoms with Gasteiger partial charge in [0.05, 0.1) is 6.33 Å². The molecule has 0 aliphatic rings. The maximum Gasteiger partial charge on any atom is 0.345 e. The number of H-pyrrole nitrogens is 1. The third-order valence-corrected chi connectivity index (χ3v) is 3.14. The first kappa shape index (κ1) is 12.6. The minimum absolute atomic E-state index is 0.154. The number of fused-ring (bicyclic) bond motifs is 1. The van der Waals surface area contributed by atoms with Crippen LogP contribution in [-0.4, -0.2) is 27.1 Å². The van der Waals surface area contributed by atoms with E-state index in [2.05, 4.69) is 41.0 Å². The minimum atomic E-state index is -0.282. The van der Waals surface area contributed by atoms with Crippen LogP contribution in [0.3, 0.4) is 0 Å². The molecule has 0 spiro atoms. The number of aromatic nitrogens is 4. The van der Waals surface area contributed by atoms with Gasteiger partial charge in [0.15, 0.2) is 17.1 Å². The molecule has 8 heteroatoms. The van der Waals surface area contributed by atoms with Gasteiger partial charge in [-0.1, -0.05) is 6.92 Å². The molecule has 7 nitrogen and oxygen atoms in total. The number of nitrogens with zero attached hydrogens (tertiary/aromatic N) is 3. The zero-order valence-corrected chi connectivity index (χ0v) is 10.7. The molecule has 0 saturated carbocycles. The number of rotatable bonds is 4. The standard InChI is InChI=1S/C10H16BN6O/c1-4-10(2,3)17-5-13-6-7(17)14-9(16-11-12)15-8(6)18/h5H,4,12H2,1-3H3,(H2,14,15,16,18). The predicted octanol–water partition coefficient (Wildman–Crippen LogP) is 0.169. The summed E-state index contributed by atoms with van der Waals surface area (Å²) in [5.74, 6) is 0.309. The van der Waals surface area contributed by atoms with Crippen molar-refractivity contribution in [1.29, 1.82) is 0 Å². The highest BCUT2D eigenvalue weighted by atomic mass is 16.1. The van der Waals surface area contributed by atoms with Crippen molar-refractivity contribution in [2.45, 2.75) is 32.7 Å². The van der Waals surface area contributed by atoms with E-state index < -0.39 is 0 Å². The zero-order valence-electron chi connectivity index (χ0n) is 10.7. The summed E-state index contributed by atoms with van der Waals surface area (Å²) in [7, 11) is 1.22. The number of imidazole rings is 1. The molecule has 0 saturated heterocycles. The Balaban J connectivity index is 2.67. The van der Waals surface area contributed by atoms with Crippen molar-refractivity contribution in [3.8, 4) is 0 Å². The lowest BCUT2D eigenvalue weighted by molar-refractivity contribution is 0.350. The summed E-state index contributed by atoms with van der Waals surface area (Å²) in [6.07, 6.45) is 2.55. The molecule has 0 aromatic carbocycles. The van der Waals surface area contributed by atoms with Crippen LogP contribution in [0.15, 0.2) is 11.1 Å². The van der Waals surface area contributed by atoms with Crippen molar-refractivity contribution in [2.24, 2.45) is 5.64 Å². The molecule has 0 aliphatic carbocycles. The van der Waals surface area contributed by atoms with Gasteiger partial charge in [-0.3, -0.25) is 9.78 Å². The molecular weight excluding hydrogens is 231 g/mol. The highest BCUT2D eigenvalue weighted by Crippen LogP contribution is 2.22. The zero-order chi connectivity index (χ0) is 13.3. The van der Waals surface area contributed by atoms with Crippen LogP contribution in [0.5, 0.6) is 0 Å². The summed E-state index contributed by atoms with van der Waals surface area (Å²) in [6.45, 7) is 6.21. The van der Waals surface area contributed by atoms with Crippen LogP contribution in [0.2, 0.25) is 0 Å². The molecule has 95 valence electrons. The fraction of sp³-hybridized carbons (Fsp3) is 0.500. The average molecular weight is 247 g/mol. The minimum Gasteiger partial charge on any atom is -0.388 e. The summed E-state index contributed by atoms with van der Waals surface area (Å²) in [6, 6.07) is 0. The summed E-state index contributed by atoms with van der Waals surface area (Å²) in [4.78, 5) is 22.8. The maximum absolute atomic E-state index is 11.8. The fourth-order valence-corrected chi connectivity index (χ4v) is 1.67. The van der Waals surface area contributed by atoms with E-state index in [1.165, 1.54) is 7.55 Å². The van der Waals surface area contributed by atoms with Crippen LogP contribution < -0.4 is 16.4 Å². The lowest BCUT2D eigenvalue weighted by atomic mass is 10.0. The second-order valence-electron chi connectivity index (χ2n) is 4.68. The van der Waals surface area contributed by atoms with E-state index in [-0.39, 0.29) is 11.1 Å². The molecule has 2 aromatic rings. The van der Waals surface area contributed by atoms with Gasteiger partial charge in [-0.25, -0.2) is 4.98 Å².